The number of hydrogen-bond acceptors (Lipinski definition) is 7. The number of ether oxygens (including phenoxy) is 2. The van der Waals surface area contributed by atoms with E-state index < -0.39 is 10.5 Å². The molecule has 0 rings (SSSR count). The fraction of sp³-hybridized carbons (Fsp3) is 0.800. The van der Waals surface area contributed by atoms with E-state index >= 15 is 0 Å². The molecule has 0 bridgehead atoms. The lowest BCUT2D eigenvalue weighted by atomic mass is 10.5. The molecule has 0 aromatic rings. The van der Waals surface area contributed by atoms with Crippen molar-refractivity contribution in [2.45, 2.75) is 24.3 Å². The maximum atomic E-state index is 11.2. The van der Waals surface area contributed by atoms with Gasteiger partial charge in [0, 0.05) is 11.5 Å². The molecule has 17 heavy (non-hydrogen) atoms. The summed E-state index contributed by atoms with van der Waals surface area (Å²) in [4.78, 5) is 22.5. The van der Waals surface area contributed by atoms with Crippen LogP contribution in [0.3, 0.4) is 0 Å². The average molecular weight is 298 g/mol. The zero-order chi connectivity index (χ0) is 13.3. The molecule has 0 aliphatic rings. The first kappa shape index (κ1) is 17.0. The average Bonchev–Trinajstić information content (AvgIpc) is 2.29. The molecule has 0 aliphatic carbocycles. The van der Waals surface area contributed by atoms with Crippen molar-refractivity contribution < 1.29 is 19.1 Å². The zero-order valence-corrected chi connectivity index (χ0v) is 12.5. The van der Waals surface area contributed by atoms with Gasteiger partial charge in [0.1, 0.15) is 10.5 Å². The van der Waals surface area contributed by atoms with Crippen molar-refractivity contribution in [1.82, 2.24) is 0 Å². The third kappa shape index (κ3) is 7.83. The van der Waals surface area contributed by atoms with E-state index in [9.17, 15) is 9.59 Å². The van der Waals surface area contributed by atoms with E-state index in [0.29, 0.717) is 24.7 Å². The minimum atomic E-state index is -0.470. The number of carbonyl (C=O) groups excluding carboxylic acids is 2. The van der Waals surface area contributed by atoms with Gasteiger partial charge >= 0.3 is 11.9 Å². The smallest absolute Gasteiger partial charge is 0.319 e. The molecule has 2 atom stereocenters. The third-order valence-corrected chi connectivity index (χ3v) is 4.09. The maximum Gasteiger partial charge on any atom is 0.319 e. The number of carbonyl (C=O) groups is 2. The highest BCUT2D eigenvalue weighted by atomic mass is 32.2. The Kier molecular flexibility index (Phi) is 9.96. The summed E-state index contributed by atoms with van der Waals surface area (Å²) in [6.07, 6.45) is 0. The topological polar surface area (TPSA) is 52.6 Å². The van der Waals surface area contributed by atoms with Crippen LogP contribution in [0.25, 0.3) is 0 Å². The molecule has 0 amide bonds. The first-order valence-electron chi connectivity index (χ1n) is 5.30. The Balaban J connectivity index is 3.75. The largest absolute Gasteiger partial charge is 0.465 e. The highest BCUT2D eigenvalue weighted by Crippen LogP contribution is 2.14. The van der Waals surface area contributed by atoms with Crippen molar-refractivity contribution in [2.75, 3.05) is 24.7 Å². The first-order valence-corrected chi connectivity index (χ1v) is 7.48. The summed E-state index contributed by atoms with van der Waals surface area (Å²) in [5.41, 5.74) is 0. The van der Waals surface area contributed by atoms with Gasteiger partial charge < -0.3 is 9.47 Å². The van der Waals surface area contributed by atoms with Gasteiger partial charge in [-0.1, -0.05) is 0 Å². The van der Waals surface area contributed by atoms with Crippen LogP contribution < -0.4 is 0 Å². The minimum absolute atomic E-state index is 0.338. The number of thiol groups is 2. The molecule has 7 heteroatoms. The SMILES string of the molecule is CCOC(=O)C(S)CSCC(S)C(=O)OCC. The molecule has 0 radical (unpaired) electrons. The molecule has 0 spiro atoms. The molecule has 0 aromatic heterocycles. The summed E-state index contributed by atoms with van der Waals surface area (Å²) in [5.74, 6) is 0.293. The number of hydrogen-bond donors (Lipinski definition) is 2. The van der Waals surface area contributed by atoms with Crippen LogP contribution in [0.1, 0.15) is 13.8 Å². The van der Waals surface area contributed by atoms with Crippen LogP contribution in [0.15, 0.2) is 0 Å². The summed E-state index contributed by atoms with van der Waals surface area (Å²) in [5, 5.41) is -0.939. The van der Waals surface area contributed by atoms with Gasteiger partial charge in [-0.2, -0.15) is 37.0 Å². The van der Waals surface area contributed by atoms with Crippen LogP contribution in [-0.4, -0.2) is 47.2 Å². The Labute approximate surface area is 117 Å². The molecular weight excluding hydrogens is 280 g/mol. The molecular formula is C10H18O4S3. The monoisotopic (exact) mass is 298 g/mol. The molecule has 0 saturated heterocycles. The Morgan fingerprint density at radius 2 is 1.35 bits per heavy atom. The van der Waals surface area contributed by atoms with Gasteiger partial charge in [0.2, 0.25) is 0 Å². The lowest BCUT2D eigenvalue weighted by molar-refractivity contribution is -0.142. The van der Waals surface area contributed by atoms with Gasteiger partial charge in [0.05, 0.1) is 13.2 Å². The van der Waals surface area contributed by atoms with E-state index in [0.717, 1.165) is 0 Å². The van der Waals surface area contributed by atoms with Crippen LogP contribution in [0, 0.1) is 0 Å². The summed E-state index contributed by atoms with van der Waals surface area (Å²) in [6.45, 7) is 4.18. The Hall–Kier alpha value is -0.0100. The van der Waals surface area contributed by atoms with Crippen molar-refractivity contribution in [3.8, 4) is 0 Å². The second-order valence-corrected chi connectivity index (χ2v) is 5.39. The van der Waals surface area contributed by atoms with Crippen molar-refractivity contribution in [3.63, 3.8) is 0 Å². The summed E-state index contributed by atoms with van der Waals surface area (Å²) >= 11 is 9.66. The predicted octanol–water partition coefficient (Wildman–Crippen LogP) is 1.44. The minimum Gasteiger partial charge on any atom is -0.465 e. The molecule has 0 heterocycles. The van der Waals surface area contributed by atoms with Crippen molar-refractivity contribution in [3.05, 3.63) is 0 Å². The van der Waals surface area contributed by atoms with Crippen molar-refractivity contribution in [1.29, 1.82) is 0 Å². The van der Waals surface area contributed by atoms with Crippen molar-refractivity contribution >= 4 is 49.0 Å². The molecule has 0 saturated carbocycles. The molecule has 0 aliphatic heterocycles. The van der Waals surface area contributed by atoms with Gasteiger partial charge in [-0.25, -0.2) is 0 Å². The molecule has 0 fully saturated rings. The third-order valence-electron chi connectivity index (χ3n) is 1.67. The van der Waals surface area contributed by atoms with Crippen LogP contribution in [-0.2, 0) is 19.1 Å². The van der Waals surface area contributed by atoms with Crippen LogP contribution in [0.2, 0.25) is 0 Å². The lowest BCUT2D eigenvalue weighted by Gasteiger charge is -2.11. The molecule has 0 N–H and O–H groups in total. The normalized spacial score (nSPS) is 13.9. The van der Waals surface area contributed by atoms with Gasteiger partial charge in [0.15, 0.2) is 0 Å². The van der Waals surface area contributed by atoms with Crippen LogP contribution in [0.5, 0.6) is 0 Å². The molecule has 0 aromatic carbocycles. The predicted molar refractivity (Wildman–Crippen MR) is 76.1 cm³/mol. The van der Waals surface area contributed by atoms with Gasteiger partial charge in [-0.15, -0.1) is 0 Å². The van der Waals surface area contributed by atoms with Gasteiger partial charge in [-0.3, -0.25) is 9.59 Å². The second kappa shape index (κ2) is 9.96. The van der Waals surface area contributed by atoms with E-state index in [4.69, 9.17) is 9.47 Å². The van der Waals surface area contributed by atoms with Crippen molar-refractivity contribution in [2.24, 2.45) is 0 Å². The van der Waals surface area contributed by atoms with Crippen LogP contribution >= 0.6 is 37.0 Å². The van der Waals surface area contributed by atoms with Crippen LogP contribution in [0.4, 0.5) is 0 Å². The zero-order valence-electron chi connectivity index (χ0n) is 9.92. The van der Waals surface area contributed by atoms with E-state index in [1.807, 2.05) is 0 Å². The number of thioether (sulfide) groups is 1. The molecule has 4 nitrogen and oxygen atoms in total. The summed E-state index contributed by atoms with van der Waals surface area (Å²) in [7, 11) is 0. The summed E-state index contributed by atoms with van der Waals surface area (Å²) < 4.78 is 9.62. The van der Waals surface area contributed by atoms with E-state index in [-0.39, 0.29) is 11.9 Å². The van der Waals surface area contributed by atoms with Gasteiger partial charge in [-0.05, 0) is 13.8 Å². The van der Waals surface area contributed by atoms with E-state index in [1.54, 1.807) is 13.8 Å². The lowest BCUT2D eigenvalue weighted by Crippen LogP contribution is -2.23. The Bertz CT molecular complexity index is 224. The molecule has 2 unspecified atom stereocenters. The Morgan fingerprint density at radius 1 is 1.00 bits per heavy atom. The maximum absolute atomic E-state index is 11.2. The summed E-state index contributed by atoms with van der Waals surface area (Å²) in [6, 6.07) is 0. The molecule has 100 valence electrons. The van der Waals surface area contributed by atoms with Gasteiger partial charge in [0.25, 0.3) is 0 Å². The highest BCUT2D eigenvalue weighted by molar-refractivity contribution is 8.01. The van der Waals surface area contributed by atoms with E-state index in [1.165, 1.54) is 11.8 Å². The quantitative estimate of drug-likeness (QED) is 0.525. The number of rotatable bonds is 8. The first-order chi connectivity index (χ1) is 8.02. The fourth-order valence-electron chi connectivity index (χ4n) is 0.904. The Morgan fingerprint density at radius 3 is 1.65 bits per heavy atom. The fourth-order valence-corrected chi connectivity index (χ4v) is 2.54. The highest BCUT2D eigenvalue weighted by Gasteiger charge is 2.18. The standard InChI is InChI=1S/C10H18O4S3/c1-3-13-9(11)7(15)5-17-6-8(16)10(12)14-4-2/h7-8,15-16H,3-6H2,1-2H3. The number of esters is 2. The van der Waals surface area contributed by atoms with E-state index in [2.05, 4.69) is 25.3 Å². The second-order valence-electron chi connectivity index (χ2n) is 3.07.